The number of hydrogen-bond donors (Lipinski definition) is 1. The zero-order valence-corrected chi connectivity index (χ0v) is 15.8. The van der Waals surface area contributed by atoms with E-state index >= 15 is 0 Å². The van der Waals surface area contributed by atoms with Crippen molar-refractivity contribution >= 4 is 17.1 Å². The van der Waals surface area contributed by atoms with Crippen molar-refractivity contribution in [2.75, 3.05) is 0 Å². The van der Waals surface area contributed by atoms with Gasteiger partial charge in [0.2, 0.25) is 0 Å². The molecule has 3 nitrogen and oxygen atoms in total. The molecule has 0 bridgehead atoms. The summed E-state index contributed by atoms with van der Waals surface area (Å²) in [6.07, 6.45) is 11.3. The number of aliphatic hydroxyl groups is 1. The van der Waals surface area contributed by atoms with Crippen LogP contribution >= 0.6 is 0 Å². The first-order valence-electron chi connectivity index (χ1n) is 9.47. The lowest BCUT2D eigenvalue weighted by atomic mass is 10.0. The number of hydrogen-bond acceptors (Lipinski definition) is 3. The van der Waals surface area contributed by atoms with Gasteiger partial charge in [-0.05, 0) is 55.0 Å². The molecule has 3 aromatic rings. The standard InChI is InChI=1S/C24H26N2O/c1-3-7-22-17-25-24-16-21(14-15-23(24)26-22)20-12-10-19(11-13-20)9-6-4-5-8-18(2)27/h3,6,9-18,27H,1,4-5,7-8H2,2H3. The van der Waals surface area contributed by atoms with Crippen LogP contribution in [-0.2, 0) is 6.42 Å². The van der Waals surface area contributed by atoms with Crippen molar-refractivity contribution in [2.45, 2.75) is 38.7 Å². The van der Waals surface area contributed by atoms with E-state index in [2.05, 4.69) is 65.1 Å². The van der Waals surface area contributed by atoms with Gasteiger partial charge in [-0.25, -0.2) is 4.98 Å². The van der Waals surface area contributed by atoms with Crippen LogP contribution in [0.2, 0.25) is 0 Å². The van der Waals surface area contributed by atoms with E-state index in [1.54, 1.807) is 0 Å². The third-order valence-corrected chi connectivity index (χ3v) is 4.49. The Balaban J connectivity index is 1.70. The first kappa shape index (κ1) is 19.0. The second-order valence-electron chi connectivity index (χ2n) is 6.86. The quantitative estimate of drug-likeness (QED) is 0.422. The van der Waals surface area contributed by atoms with Crippen molar-refractivity contribution in [2.24, 2.45) is 0 Å². The first-order chi connectivity index (χ1) is 13.2. The van der Waals surface area contributed by atoms with Crippen LogP contribution in [0.25, 0.3) is 28.2 Å². The number of rotatable bonds is 8. The third kappa shape index (κ3) is 5.35. The van der Waals surface area contributed by atoms with E-state index in [0.717, 1.165) is 48.0 Å². The Morgan fingerprint density at radius 3 is 2.59 bits per heavy atom. The Bertz CT molecular complexity index is 927. The monoisotopic (exact) mass is 358 g/mol. The summed E-state index contributed by atoms with van der Waals surface area (Å²) in [5.74, 6) is 0. The fourth-order valence-electron chi connectivity index (χ4n) is 3.01. The average molecular weight is 358 g/mol. The van der Waals surface area contributed by atoms with Crippen LogP contribution in [0, 0.1) is 0 Å². The molecule has 0 spiro atoms. The molecular formula is C24H26N2O. The minimum absolute atomic E-state index is 0.210. The number of unbranched alkanes of at least 4 members (excludes halogenated alkanes) is 1. The maximum absolute atomic E-state index is 9.27. The Hall–Kier alpha value is -2.78. The van der Waals surface area contributed by atoms with Crippen LogP contribution in [0.1, 0.15) is 37.4 Å². The summed E-state index contributed by atoms with van der Waals surface area (Å²) in [5.41, 5.74) is 6.25. The lowest BCUT2D eigenvalue weighted by Crippen LogP contribution is -1.97. The summed E-state index contributed by atoms with van der Waals surface area (Å²) in [6, 6.07) is 14.7. The smallest absolute Gasteiger partial charge is 0.0893 e. The predicted octanol–water partition coefficient (Wildman–Crippen LogP) is 5.59. The molecule has 0 fully saturated rings. The van der Waals surface area contributed by atoms with E-state index in [0.29, 0.717) is 0 Å². The van der Waals surface area contributed by atoms with Crippen molar-refractivity contribution in [3.63, 3.8) is 0 Å². The Kier molecular flexibility index (Phi) is 6.50. The lowest BCUT2D eigenvalue weighted by Gasteiger charge is -2.05. The highest BCUT2D eigenvalue weighted by molar-refractivity contribution is 5.81. The maximum Gasteiger partial charge on any atom is 0.0893 e. The van der Waals surface area contributed by atoms with Gasteiger partial charge < -0.3 is 5.11 Å². The van der Waals surface area contributed by atoms with Gasteiger partial charge in [-0.3, -0.25) is 4.98 Å². The normalized spacial score (nSPS) is 12.5. The zero-order valence-electron chi connectivity index (χ0n) is 15.8. The second kappa shape index (κ2) is 9.24. The predicted molar refractivity (Wildman–Crippen MR) is 113 cm³/mol. The zero-order chi connectivity index (χ0) is 19.1. The van der Waals surface area contributed by atoms with E-state index in [9.17, 15) is 5.11 Å². The highest BCUT2D eigenvalue weighted by Gasteiger charge is 2.03. The summed E-state index contributed by atoms with van der Waals surface area (Å²) in [5, 5.41) is 9.27. The number of benzene rings is 2. The topological polar surface area (TPSA) is 46.0 Å². The summed E-state index contributed by atoms with van der Waals surface area (Å²) in [4.78, 5) is 9.15. The minimum atomic E-state index is -0.210. The fourth-order valence-corrected chi connectivity index (χ4v) is 3.01. The van der Waals surface area contributed by atoms with Crippen molar-refractivity contribution in [3.05, 3.63) is 78.6 Å². The van der Waals surface area contributed by atoms with Gasteiger partial charge in [0.1, 0.15) is 0 Å². The molecule has 0 saturated carbocycles. The molecule has 0 saturated heterocycles. The van der Waals surface area contributed by atoms with E-state index in [1.165, 1.54) is 11.1 Å². The van der Waals surface area contributed by atoms with Crippen LogP contribution in [-0.4, -0.2) is 21.2 Å². The number of allylic oxidation sites excluding steroid dienone is 2. The molecule has 1 atom stereocenters. The molecule has 1 aromatic heterocycles. The van der Waals surface area contributed by atoms with Crippen LogP contribution in [0.15, 0.2) is 67.4 Å². The van der Waals surface area contributed by atoms with E-state index in [4.69, 9.17) is 0 Å². The Labute approximate surface area is 161 Å². The molecule has 138 valence electrons. The number of fused-ring (bicyclic) bond motifs is 1. The van der Waals surface area contributed by atoms with Gasteiger partial charge in [-0.2, -0.15) is 0 Å². The number of nitrogens with zero attached hydrogens (tertiary/aromatic N) is 2. The van der Waals surface area contributed by atoms with Crippen LogP contribution < -0.4 is 0 Å². The molecule has 2 aromatic carbocycles. The molecule has 1 unspecified atom stereocenters. The maximum atomic E-state index is 9.27. The molecule has 0 aliphatic heterocycles. The summed E-state index contributed by atoms with van der Waals surface area (Å²) >= 11 is 0. The summed E-state index contributed by atoms with van der Waals surface area (Å²) in [6.45, 7) is 5.58. The van der Waals surface area contributed by atoms with E-state index in [-0.39, 0.29) is 6.10 Å². The molecule has 0 radical (unpaired) electrons. The minimum Gasteiger partial charge on any atom is -0.393 e. The lowest BCUT2D eigenvalue weighted by molar-refractivity contribution is 0.182. The van der Waals surface area contributed by atoms with Gasteiger partial charge in [-0.1, -0.05) is 48.6 Å². The molecule has 0 aliphatic carbocycles. The number of aliphatic hydroxyl groups excluding tert-OH is 1. The van der Waals surface area contributed by atoms with Crippen molar-refractivity contribution in [1.82, 2.24) is 9.97 Å². The second-order valence-corrected chi connectivity index (χ2v) is 6.86. The van der Waals surface area contributed by atoms with Gasteiger partial charge in [-0.15, -0.1) is 6.58 Å². The Morgan fingerprint density at radius 2 is 1.85 bits per heavy atom. The molecule has 3 heteroatoms. The summed E-state index contributed by atoms with van der Waals surface area (Å²) < 4.78 is 0. The largest absolute Gasteiger partial charge is 0.393 e. The number of aromatic nitrogens is 2. The van der Waals surface area contributed by atoms with Crippen LogP contribution in [0.3, 0.4) is 0 Å². The molecule has 3 rings (SSSR count). The van der Waals surface area contributed by atoms with Crippen molar-refractivity contribution in [1.29, 1.82) is 0 Å². The van der Waals surface area contributed by atoms with Crippen molar-refractivity contribution < 1.29 is 5.11 Å². The van der Waals surface area contributed by atoms with Crippen LogP contribution in [0.5, 0.6) is 0 Å². The molecule has 0 aliphatic rings. The van der Waals surface area contributed by atoms with Gasteiger partial charge in [0.05, 0.1) is 22.8 Å². The van der Waals surface area contributed by atoms with E-state index < -0.39 is 0 Å². The van der Waals surface area contributed by atoms with E-state index in [1.807, 2.05) is 25.3 Å². The molecular weight excluding hydrogens is 332 g/mol. The molecule has 1 heterocycles. The van der Waals surface area contributed by atoms with Crippen LogP contribution in [0.4, 0.5) is 0 Å². The molecule has 1 N–H and O–H groups in total. The first-order valence-corrected chi connectivity index (χ1v) is 9.47. The summed E-state index contributed by atoms with van der Waals surface area (Å²) in [7, 11) is 0. The van der Waals surface area contributed by atoms with Gasteiger partial charge in [0, 0.05) is 12.6 Å². The SMILES string of the molecule is C=CCc1cnc2cc(-c3ccc(C=CCCCC(C)O)cc3)ccc2n1. The third-order valence-electron chi connectivity index (χ3n) is 4.49. The Morgan fingerprint density at radius 1 is 1.07 bits per heavy atom. The van der Waals surface area contributed by atoms with Crippen molar-refractivity contribution in [3.8, 4) is 11.1 Å². The fraction of sp³-hybridized carbons (Fsp3) is 0.250. The molecule has 0 amide bonds. The highest BCUT2D eigenvalue weighted by atomic mass is 16.3. The molecule has 27 heavy (non-hydrogen) atoms. The average Bonchev–Trinajstić information content (AvgIpc) is 2.68. The van der Waals surface area contributed by atoms with Gasteiger partial charge in [0.15, 0.2) is 0 Å². The van der Waals surface area contributed by atoms with Gasteiger partial charge in [0.25, 0.3) is 0 Å². The van der Waals surface area contributed by atoms with Gasteiger partial charge >= 0.3 is 0 Å². The highest BCUT2D eigenvalue weighted by Crippen LogP contribution is 2.23.